The molecule has 0 amide bonds. The largest absolute Gasteiger partial charge is 0.497 e. The molecule has 5 nitrogen and oxygen atoms in total. The molecule has 6 heteroatoms. The van der Waals surface area contributed by atoms with Crippen molar-refractivity contribution in [3.05, 3.63) is 48.0 Å². The van der Waals surface area contributed by atoms with Crippen molar-refractivity contribution in [3.63, 3.8) is 0 Å². The van der Waals surface area contributed by atoms with Crippen molar-refractivity contribution in [1.29, 1.82) is 0 Å². The highest BCUT2D eigenvalue weighted by atomic mass is 32.1. The summed E-state index contributed by atoms with van der Waals surface area (Å²) in [5, 5.41) is 7.23. The first kappa shape index (κ1) is 19.3. The SMILES string of the molecule is CCOc1ccc(NC(=S)N[C@H]2CC(C)(C)Oc3ccc(OC)cc32)cc1. The zero-order valence-electron chi connectivity index (χ0n) is 16.2. The maximum absolute atomic E-state index is 6.11. The number of hydrogen-bond donors (Lipinski definition) is 2. The predicted molar refractivity (Wildman–Crippen MR) is 112 cm³/mol. The third kappa shape index (κ3) is 4.83. The molecule has 0 aromatic heterocycles. The van der Waals surface area contributed by atoms with E-state index in [4.69, 9.17) is 26.4 Å². The van der Waals surface area contributed by atoms with E-state index in [1.807, 2.05) is 49.4 Å². The topological polar surface area (TPSA) is 51.8 Å². The highest BCUT2D eigenvalue weighted by molar-refractivity contribution is 7.80. The van der Waals surface area contributed by atoms with E-state index in [0.717, 1.165) is 34.9 Å². The molecule has 2 aromatic carbocycles. The standard InChI is InChI=1S/C21H26N2O3S/c1-5-25-15-8-6-14(7-9-15)22-20(27)23-18-13-21(2,3)26-19-11-10-16(24-4)12-17(18)19/h6-12,18H,5,13H2,1-4H3,(H2,22,23,27)/t18-/m0/s1. The van der Waals surface area contributed by atoms with Crippen molar-refractivity contribution < 1.29 is 14.2 Å². The molecule has 0 saturated carbocycles. The van der Waals surface area contributed by atoms with Gasteiger partial charge in [-0.1, -0.05) is 0 Å². The summed E-state index contributed by atoms with van der Waals surface area (Å²) in [7, 11) is 1.66. The van der Waals surface area contributed by atoms with Crippen molar-refractivity contribution in [3.8, 4) is 17.2 Å². The quantitative estimate of drug-likeness (QED) is 0.728. The van der Waals surface area contributed by atoms with Crippen molar-refractivity contribution in [2.45, 2.75) is 38.8 Å². The van der Waals surface area contributed by atoms with E-state index in [1.54, 1.807) is 7.11 Å². The third-order valence-corrected chi connectivity index (χ3v) is 4.62. The first-order chi connectivity index (χ1) is 12.9. The number of ether oxygens (including phenoxy) is 3. The molecule has 144 valence electrons. The summed E-state index contributed by atoms with van der Waals surface area (Å²) in [4.78, 5) is 0. The summed E-state index contributed by atoms with van der Waals surface area (Å²) in [6, 6.07) is 13.6. The molecule has 1 aliphatic heterocycles. The number of nitrogens with one attached hydrogen (secondary N) is 2. The maximum atomic E-state index is 6.11. The fourth-order valence-electron chi connectivity index (χ4n) is 3.22. The molecular formula is C21H26N2O3S. The van der Waals surface area contributed by atoms with Gasteiger partial charge in [0.25, 0.3) is 0 Å². The zero-order chi connectivity index (χ0) is 19.4. The van der Waals surface area contributed by atoms with Crippen LogP contribution in [0.5, 0.6) is 17.2 Å². The second-order valence-corrected chi connectivity index (χ2v) is 7.49. The minimum absolute atomic E-state index is 0.0292. The van der Waals surface area contributed by atoms with Gasteiger partial charge in [0.05, 0.1) is 19.8 Å². The molecule has 1 aliphatic rings. The van der Waals surface area contributed by atoms with Gasteiger partial charge in [-0.05, 0) is 75.5 Å². The highest BCUT2D eigenvalue weighted by Gasteiger charge is 2.34. The van der Waals surface area contributed by atoms with E-state index in [1.165, 1.54) is 0 Å². The molecule has 3 rings (SSSR count). The van der Waals surface area contributed by atoms with Crippen LogP contribution in [0.1, 0.15) is 38.8 Å². The first-order valence-corrected chi connectivity index (χ1v) is 9.48. The van der Waals surface area contributed by atoms with Gasteiger partial charge >= 0.3 is 0 Å². The Morgan fingerprint density at radius 1 is 1.19 bits per heavy atom. The van der Waals surface area contributed by atoms with Crippen molar-refractivity contribution in [1.82, 2.24) is 5.32 Å². The van der Waals surface area contributed by atoms with Crippen LogP contribution in [0.3, 0.4) is 0 Å². The summed E-state index contributed by atoms with van der Waals surface area (Å²) < 4.78 is 16.9. The minimum atomic E-state index is -0.284. The van der Waals surface area contributed by atoms with E-state index >= 15 is 0 Å². The molecule has 1 heterocycles. The number of rotatable bonds is 5. The molecule has 2 aromatic rings. The van der Waals surface area contributed by atoms with E-state index in [0.29, 0.717) is 11.7 Å². The molecule has 0 bridgehead atoms. The van der Waals surface area contributed by atoms with Crippen LogP contribution < -0.4 is 24.8 Å². The van der Waals surface area contributed by atoms with Crippen LogP contribution >= 0.6 is 12.2 Å². The fraction of sp³-hybridized carbons (Fsp3) is 0.381. The van der Waals surface area contributed by atoms with Crippen LogP contribution in [-0.2, 0) is 0 Å². The average molecular weight is 387 g/mol. The van der Waals surface area contributed by atoms with E-state index in [-0.39, 0.29) is 11.6 Å². The number of benzene rings is 2. The molecular weight excluding hydrogens is 360 g/mol. The molecule has 0 saturated heterocycles. The number of anilines is 1. The second-order valence-electron chi connectivity index (χ2n) is 7.08. The van der Waals surface area contributed by atoms with Crippen molar-refractivity contribution in [2.75, 3.05) is 19.0 Å². The molecule has 0 fully saturated rings. The van der Waals surface area contributed by atoms with Crippen LogP contribution in [-0.4, -0.2) is 24.4 Å². The normalized spacial score (nSPS) is 17.3. The molecule has 1 atom stereocenters. The Morgan fingerprint density at radius 3 is 2.56 bits per heavy atom. The Hall–Kier alpha value is -2.47. The first-order valence-electron chi connectivity index (χ1n) is 9.07. The smallest absolute Gasteiger partial charge is 0.171 e. The monoisotopic (exact) mass is 386 g/mol. The van der Waals surface area contributed by atoms with Crippen LogP contribution in [0.4, 0.5) is 5.69 Å². The average Bonchev–Trinajstić information content (AvgIpc) is 2.62. The van der Waals surface area contributed by atoms with E-state index in [9.17, 15) is 0 Å². The predicted octanol–water partition coefficient (Wildman–Crippen LogP) is 4.68. The summed E-state index contributed by atoms with van der Waals surface area (Å²) in [5.41, 5.74) is 1.67. The summed E-state index contributed by atoms with van der Waals surface area (Å²) in [6.45, 7) is 6.78. The lowest BCUT2D eigenvalue weighted by Crippen LogP contribution is -2.42. The highest BCUT2D eigenvalue weighted by Crippen LogP contribution is 2.41. The molecule has 2 N–H and O–H groups in total. The van der Waals surface area contributed by atoms with E-state index in [2.05, 4.69) is 24.5 Å². The summed E-state index contributed by atoms with van der Waals surface area (Å²) >= 11 is 5.54. The number of thiocarbonyl (C=S) groups is 1. The van der Waals surface area contributed by atoms with Gasteiger partial charge in [-0.2, -0.15) is 0 Å². The Labute approximate surface area is 166 Å². The Kier molecular flexibility index (Phi) is 5.75. The molecule has 0 radical (unpaired) electrons. The zero-order valence-corrected chi connectivity index (χ0v) is 17.0. The molecule has 27 heavy (non-hydrogen) atoms. The van der Waals surface area contributed by atoms with Gasteiger partial charge in [-0.3, -0.25) is 0 Å². The van der Waals surface area contributed by atoms with Crippen LogP contribution in [0, 0.1) is 0 Å². The van der Waals surface area contributed by atoms with Crippen molar-refractivity contribution in [2.24, 2.45) is 0 Å². The summed E-state index contributed by atoms with van der Waals surface area (Å²) in [5.74, 6) is 2.50. The lowest BCUT2D eigenvalue weighted by atomic mass is 9.89. The van der Waals surface area contributed by atoms with Gasteiger partial charge in [0.1, 0.15) is 22.8 Å². The Balaban J connectivity index is 1.73. The fourth-order valence-corrected chi connectivity index (χ4v) is 3.48. The Bertz CT molecular complexity index is 806. The minimum Gasteiger partial charge on any atom is -0.497 e. The second kappa shape index (κ2) is 8.05. The van der Waals surface area contributed by atoms with Gasteiger partial charge in [0.2, 0.25) is 0 Å². The van der Waals surface area contributed by atoms with Gasteiger partial charge in [0.15, 0.2) is 5.11 Å². The van der Waals surface area contributed by atoms with Gasteiger partial charge in [0, 0.05) is 17.7 Å². The molecule has 0 unspecified atom stereocenters. The number of hydrogen-bond acceptors (Lipinski definition) is 4. The lowest BCUT2D eigenvalue weighted by molar-refractivity contribution is 0.0695. The van der Waals surface area contributed by atoms with Crippen LogP contribution in [0.2, 0.25) is 0 Å². The maximum Gasteiger partial charge on any atom is 0.171 e. The van der Waals surface area contributed by atoms with E-state index < -0.39 is 0 Å². The van der Waals surface area contributed by atoms with Gasteiger partial charge in [-0.15, -0.1) is 0 Å². The Morgan fingerprint density at radius 2 is 1.89 bits per heavy atom. The number of methoxy groups -OCH3 is 1. The van der Waals surface area contributed by atoms with Crippen molar-refractivity contribution >= 4 is 23.0 Å². The molecule has 0 spiro atoms. The number of fused-ring (bicyclic) bond motifs is 1. The van der Waals surface area contributed by atoms with Gasteiger partial charge < -0.3 is 24.8 Å². The molecule has 0 aliphatic carbocycles. The van der Waals surface area contributed by atoms with Crippen LogP contribution in [0.25, 0.3) is 0 Å². The third-order valence-electron chi connectivity index (χ3n) is 4.40. The van der Waals surface area contributed by atoms with Crippen LogP contribution in [0.15, 0.2) is 42.5 Å². The summed E-state index contributed by atoms with van der Waals surface area (Å²) in [6.07, 6.45) is 0.790. The van der Waals surface area contributed by atoms with Gasteiger partial charge in [-0.25, -0.2) is 0 Å². The lowest BCUT2D eigenvalue weighted by Gasteiger charge is -2.38.